The minimum absolute atomic E-state index is 0.113. The molecule has 0 bridgehead atoms. The van der Waals surface area contributed by atoms with Crippen molar-refractivity contribution in [2.45, 2.75) is 56.5 Å². The summed E-state index contributed by atoms with van der Waals surface area (Å²) in [5.74, 6) is 0.584. The van der Waals surface area contributed by atoms with Crippen molar-refractivity contribution in [2.24, 2.45) is 0 Å². The molecular weight excluding hydrogens is 559 g/mol. The molecular formula is C30H31Cl3N2O2S. The zero-order valence-electron chi connectivity index (χ0n) is 21.0. The number of nitrogens with zero attached hydrogens (tertiary/aromatic N) is 1. The minimum Gasteiger partial charge on any atom is -0.352 e. The molecule has 1 fully saturated rings. The van der Waals surface area contributed by atoms with Gasteiger partial charge in [0.15, 0.2) is 0 Å². The second kappa shape index (κ2) is 14.3. The summed E-state index contributed by atoms with van der Waals surface area (Å²) in [5, 5.41) is 4.79. The maximum absolute atomic E-state index is 13.8. The summed E-state index contributed by atoms with van der Waals surface area (Å²) < 4.78 is 0. The first-order valence-corrected chi connectivity index (χ1v) is 15.1. The van der Waals surface area contributed by atoms with Gasteiger partial charge in [-0.3, -0.25) is 9.59 Å². The average molecular weight is 590 g/mol. The molecule has 38 heavy (non-hydrogen) atoms. The van der Waals surface area contributed by atoms with E-state index in [4.69, 9.17) is 34.8 Å². The van der Waals surface area contributed by atoms with E-state index in [9.17, 15) is 9.59 Å². The lowest BCUT2D eigenvalue weighted by molar-refractivity contribution is -0.139. The minimum atomic E-state index is -0.660. The molecule has 8 heteroatoms. The summed E-state index contributed by atoms with van der Waals surface area (Å²) in [6.07, 6.45) is 4.60. The zero-order valence-corrected chi connectivity index (χ0v) is 24.1. The van der Waals surface area contributed by atoms with Crippen LogP contribution in [0.25, 0.3) is 0 Å². The van der Waals surface area contributed by atoms with Crippen LogP contribution in [0, 0.1) is 0 Å². The highest BCUT2D eigenvalue weighted by molar-refractivity contribution is 7.99. The van der Waals surface area contributed by atoms with Crippen LogP contribution in [0.15, 0.2) is 72.8 Å². The molecule has 200 valence electrons. The van der Waals surface area contributed by atoms with Crippen LogP contribution in [-0.4, -0.2) is 34.6 Å². The molecule has 1 saturated carbocycles. The molecule has 0 spiro atoms. The fourth-order valence-electron chi connectivity index (χ4n) is 4.70. The number of nitrogens with one attached hydrogen (secondary N) is 1. The predicted molar refractivity (Wildman–Crippen MR) is 159 cm³/mol. The predicted octanol–water partition coefficient (Wildman–Crippen LogP) is 7.58. The highest BCUT2D eigenvalue weighted by Gasteiger charge is 2.32. The molecule has 0 radical (unpaired) electrons. The highest BCUT2D eigenvalue weighted by atomic mass is 35.5. The van der Waals surface area contributed by atoms with E-state index in [-0.39, 0.29) is 30.2 Å². The molecule has 1 aliphatic carbocycles. The monoisotopic (exact) mass is 588 g/mol. The first-order valence-electron chi connectivity index (χ1n) is 12.8. The van der Waals surface area contributed by atoms with Crippen molar-refractivity contribution in [3.8, 4) is 0 Å². The van der Waals surface area contributed by atoms with Crippen LogP contribution in [0.5, 0.6) is 0 Å². The Kier molecular flexibility index (Phi) is 10.8. The molecule has 0 saturated heterocycles. The molecule has 0 unspecified atom stereocenters. The lowest BCUT2D eigenvalue weighted by Crippen LogP contribution is -2.52. The third-order valence-electron chi connectivity index (χ3n) is 6.75. The molecule has 4 nitrogen and oxygen atoms in total. The lowest BCUT2D eigenvalue weighted by Gasteiger charge is -2.32. The zero-order chi connectivity index (χ0) is 26.9. The van der Waals surface area contributed by atoms with Gasteiger partial charge in [-0.25, -0.2) is 0 Å². The molecule has 3 aromatic rings. The largest absolute Gasteiger partial charge is 0.352 e. The van der Waals surface area contributed by atoms with Gasteiger partial charge in [-0.1, -0.05) is 102 Å². The molecule has 4 rings (SSSR count). The van der Waals surface area contributed by atoms with Gasteiger partial charge in [0.2, 0.25) is 11.8 Å². The number of hydrogen-bond acceptors (Lipinski definition) is 3. The van der Waals surface area contributed by atoms with Crippen molar-refractivity contribution in [2.75, 3.05) is 5.75 Å². The van der Waals surface area contributed by atoms with Gasteiger partial charge in [0.25, 0.3) is 0 Å². The Morgan fingerprint density at radius 1 is 0.868 bits per heavy atom. The van der Waals surface area contributed by atoms with E-state index in [1.807, 2.05) is 66.7 Å². The first-order chi connectivity index (χ1) is 18.4. The van der Waals surface area contributed by atoms with Crippen LogP contribution in [0.2, 0.25) is 15.1 Å². The number of halogens is 3. The van der Waals surface area contributed by atoms with Gasteiger partial charge in [0.05, 0.1) is 15.8 Å². The number of hydrogen-bond donors (Lipinski definition) is 1. The van der Waals surface area contributed by atoms with Gasteiger partial charge in [0, 0.05) is 29.8 Å². The molecule has 2 amide bonds. The molecule has 0 aromatic heterocycles. The summed E-state index contributed by atoms with van der Waals surface area (Å²) >= 11 is 20.2. The maximum Gasteiger partial charge on any atom is 0.243 e. The average Bonchev–Trinajstić information content (AvgIpc) is 3.42. The number of carbonyl (C=O) groups excluding carboxylic acids is 2. The molecule has 1 atom stereocenters. The second-order valence-electron chi connectivity index (χ2n) is 9.55. The van der Waals surface area contributed by atoms with Crippen molar-refractivity contribution >= 4 is 58.4 Å². The number of benzene rings is 3. The summed E-state index contributed by atoms with van der Waals surface area (Å²) in [5.41, 5.74) is 2.79. The van der Waals surface area contributed by atoms with E-state index in [1.54, 1.807) is 11.0 Å². The second-order valence-corrected chi connectivity index (χ2v) is 11.8. The molecule has 1 aliphatic rings. The highest BCUT2D eigenvalue weighted by Crippen LogP contribution is 2.26. The van der Waals surface area contributed by atoms with Crippen LogP contribution in [0.3, 0.4) is 0 Å². The summed E-state index contributed by atoms with van der Waals surface area (Å²) in [4.78, 5) is 29.2. The van der Waals surface area contributed by atoms with Gasteiger partial charge < -0.3 is 10.2 Å². The Bertz CT molecular complexity index is 1240. The molecule has 0 aliphatic heterocycles. The standard InChI is InChI=1S/C30H31Cl3N2O2S/c31-25-13-7-4-10-23(25)18-35(29(36)20-38-19-22-14-15-26(32)27(33)16-22)28(17-21-8-2-1-3-9-21)30(37)34-24-11-5-6-12-24/h1-4,7-10,13-16,24,28H,5-6,11-12,17-20H2,(H,34,37)/t28-/m0/s1. The van der Waals surface area contributed by atoms with E-state index >= 15 is 0 Å². The van der Waals surface area contributed by atoms with Crippen LogP contribution in [-0.2, 0) is 28.3 Å². The Morgan fingerprint density at radius 2 is 1.58 bits per heavy atom. The quantitative estimate of drug-likeness (QED) is 0.251. The van der Waals surface area contributed by atoms with Gasteiger partial charge in [-0.2, -0.15) is 0 Å². The van der Waals surface area contributed by atoms with Crippen molar-refractivity contribution < 1.29 is 9.59 Å². The molecule has 3 aromatic carbocycles. The molecule has 1 N–H and O–H groups in total. The Hall–Kier alpha value is -2.18. The lowest BCUT2D eigenvalue weighted by atomic mass is 10.0. The fourth-order valence-corrected chi connectivity index (χ4v) is 6.07. The van der Waals surface area contributed by atoms with E-state index in [0.29, 0.717) is 27.2 Å². The van der Waals surface area contributed by atoms with E-state index in [2.05, 4.69) is 5.32 Å². The fraction of sp³-hybridized carbons (Fsp3) is 0.333. The van der Waals surface area contributed by atoms with E-state index in [0.717, 1.165) is 42.4 Å². The smallest absolute Gasteiger partial charge is 0.243 e. The Balaban J connectivity index is 1.57. The number of carbonyl (C=O) groups is 2. The summed E-state index contributed by atoms with van der Waals surface area (Å²) in [7, 11) is 0. The Labute approximate surface area is 244 Å². The normalized spacial score (nSPS) is 14.3. The third-order valence-corrected chi connectivity index (χ3v) is 8.85. The van der Waals surface area contributed by atoms with Crippen molar-refractivity contribution in [1.29, 1.82) is 0 Å². The van der Waals surface area contributed by atoms with Gasteiger partial charge in [-0.05, 0) is 47.7 Å². The number of rotatable bonds is 11. The van der Waals surface area contributed by atoms with Gasteiger partial charge in [-0.15, -0.1) is 11.8 Å². The van der Waals surface area contributed by atoms with Gasteiger partial charge >= 0.3 is 0 Å². The first kappa shape index (κ1) is 28.8. The summed E-state index contributed by atoms with van der Waals surface area (Å²) in [6, 6.07) is 22.3. The van der Waals surface area contributed by atoms with Crippen LogP contribution in [0.4, 0.5) is 0 Å². The van der Waals surface area contributed by atoms with Crippen molar-refractivity contribution in [1.82, 2.24) is 10.2 Å². The number of amides is 2. The van der Waals surface area contributed by atoms with Crippen LogP contribution in [0.1, 0.15) is 42.4 Å². The van der Waals surface area contributed by atoms with Crippen molar-refractivity contribution in [3.05, 3.63) is 105 Å². The van der Waals surface area contributed by atoms with Gasteiger partial charge in [0.1, 0.15) is 6.04 Å². The van der Waals surface area contributed by atoms with E-state index < -0.39 is 6.04 Å². The van der Waals surface area contributed by atoms with Crippen LogP contribution < -0.4 is 5.32 Å². The topological polar surface area (TPSA) is 49.4 Å². The SMILES string of the molecule is O=C(NC1CCCC1)[C@H](Cc1ccccc1)N(Cc1ccccc1Cl)C(=O)CSCc1ccc(Cl)c(Cl)c1. The molecule has 0 heterocycles. The van der Waals surface area contributed by atoms with Crippen molar-refractivity contribution in [3.63, 3.8) is 0 Å². The third kappa shape index (κ3) is 8.16. The maximum atomic E-state index is 13.8. The summed E-state index contributed by atoms with van der Waals surface area (Å²) in [6.45, 7) is 0.251. The Morgan fingerprint density at radius 3 is 2.29 bits per heavy atom. The van der Waals surface area contributed by atoms with E-state index in [1.165, 1.54) is 11.8 Å². The van der Waals surface area contributed by atoms with Crippen LogP contribution >= 0.6 is 46.6 Å². The number of thioether (sulfide) groups is 1.